The first-order valence-corrected chi connectivity index (χ1v) is 4.95. The Balaban J connectivity index is 2.83. The smallest absolute Gasteiger partial charge is 0.158 e. The molecule has 0 aliphatic rings. The lowest BCUT2D eigenvalue weighted by Crippen LogP contribution is -2.33. The molecule has 1 rings (SSSR count). The van der Waals surface area contributed by atoms with E-state index in [-0.39, 0.29) is 5.84 Å². The zero-order valence-corrected chi connectivity index (χ0v) is 9.14. The summed E-state index contributed by atoms with van der Waals surface area (Å²) in [6.45, 7) is 5.34. The summed E-state index contributed by atoms with van der Waals surface area (Å²) in [5.74, 6) is 0.221. The third-order valence-electron chi connectivity index (χ3n) is 2.23. The number of aryl methyl sites for hydroxylation is 1. The molecule has 0 radical (unpaired) electrons. The standard InChI is InChI=1S/C11H17N3O/c1-3-14(8-11(12)13-15)10-6-4-5-9(2)7-10/h4-7,15H,3,8H2,1-2H3,(H2,12,13). The highest BCUT2D eigenvalue weighted by Gasteiger charge is 2.06. The third-order valence-corrected chi connectivity index (χ3v) is 2.23. The quantitative estimate of drug-likeness (QED) is 0.341. The van der Waals surface area contributed by atoms with Crippen LogP contribution in [0.4, 0.5) is 5.69 Å². The van der Waals surface area contributed by atoms with Gasteiger partial charge in [0.1, 0.15) is 0 Å². The minimum absolute atomic E-state index is 0.221. The van der Waals surface area contributed by atoms with Crippen LogP contribution in [0.15, 0.2) is 29.4 Å². The Hall–Kier alpha value is -1.71. The van der Waals surface area contributed by atoms with E-state index in [9.17, 15) is 0 Å². The van der Waals surface area contributed by atoms with Gasteiger partial charge in [-0.3, -0.25) is 0 Å². The first-order chi connectivity index (χ1) is 7.17. The fraction of sp³-hybridized carbons (Fsp3) is 0.364. The Bertz CT molecular complexity index is 349. The van der Waals surface area contributed by atoms with E-state index in [4.69, 9.17) is 10.9 Å². The lowest BCUT2D eigenvalue weighted by atomic mass is 10.2. The summed E-state index contributed by atoms with van der Waals surface area (Å²) in [4.78, 5) is 2.04. The van der Waals surface area contributed by atoms with Gasteiger partial charge in [0, 0.05) is 12.2 Å². The molecule has 3 N–H and O–H groups in total. The predicted octanol–water partition coefficient (Wildman–Crippen LogP) is 1.57. The maximum Gasteiger partial charge on any atom is 0.158 e. The van der Waals surface area contributed by atoms with Crippen molar-refractivity contribution in [3.63, 3.8) is 0 Å². The van der Waals surface area contributed by atoms with Gasteiger partial charge in [0.05, 0.1) is 6.54 Å². The van der Waals surface area contributed by atoms with Gasteiger partial charge in [-0.15, -0.1) is 0 Å². The largest absolute Gasteiger partial charge is 0.409 e. The molecule has 0 amide bonds. The molecule has 0 unspecified atom stereocenters. The minimum Gasteiger partial charge on any atom is -0.409 e. The first kappa shape index (κ1) is 11.4. The minimum atomic E-state index is 0.221. The van der Waals surface area contributed by atoms with Crippen LogP contribution in [0.2, 0.25) is 0 Å². The molecule has 0 aliphatic carbocycles. The van der Waals surface area contributed by atoms with Gasteiger partial charge in [0.2, 0.25) is 0 Å². The Morgan fingerprint density at radius 1 is 1.53 bits per heavy atom. The summed E-state index contributed by atoms with van der Waals surface area (Å²) in [6.07, 6.45) is 0. The highest BCUT2D eigenvalue weighted by molar-refractivity contribution is 5.84. The van der Waals surface area contributed by atoms with E-state index in [1.54, 1.807) is 0 Å². The second kappa shape index (κ2) is 5.24. The molecule has 1 aromatic carbocycles. The summed E-state index contributed by atoms with van der Waals surface area (Å²) < 4.78 is 0. The Labute approximate surface area is 90.0 Å². The topological polar surface area (TPSA) is 61.8 Å². The highest BCUT2D eigenvalue weighted by atomic mass is 16.4. The van der Waals surface area contributed by atoms with Gasteiger partial charge < -0.3 is 15.8 Å². The lowest BCUT2D eigenvalue weighted by molar-refractivity contribution is 0.317. The van der Waals surface area contributed by atoms with Crippen molar-refractivity contribution < 1.29 is 5.21 Å². The van der Waals surface area contributed by atoms with Crippen molar-refractivity contribution in [2.75, 3.05) is 18.0 Å². The fourth-order valence-electron chi connectivity index (χ4n) is 1.44. The summed E-state index contributed by atoms with van der Waals surface area (Å²) in [5.41, 5.74) is 7.77. The average molecular weight is 207 g/mol. The van der Waals surface area contributed by atoms with E-state index < -0.39 is 0 Å². The van der Waals surface area contributed by atoms with Crippen molar-refractivity contribution in [3.05, 3.63) is 29.8 Å². The number of anilines is 1. The molecule has 4 heteroatoms. The molecule has 0 bridgehead atoms. The summed E-state index contributed by atoms with van der Waals surface area (Å²) >= 11 is 0. The van der Waals surface area contributed by atoms with E-state index in [0.29, 0.717) is 6.54 Å². The molecule has 0 saturated carbocycles. The Morgan fingerprint density at radius 3 is 2.80 bits per heavy atom. The second-order valence-corrected chi connectivity index (χ2v) is 3.44. The number of oxime groups is 1. The second-order valence-electron chi connectivity index (χ2n) is 3.44. The summed E-state index contributed by atoms with van der Waals surface area (Å²) in [5, 5.41) is 11.5. The highest BCUT2D eigenvalue weighted by Crippen LogP contribution is 2.14. The van der Waals surface area contributed by atoms with E-state index >= 15 is 0 Å². The van der Waals surface area contributed by atoms with Crippen LogP contribution in [0, 0.1) is 6.92 Å². The molecule has 0 spiro atoms. The van der Waals surface area contributed by atoms with Gasteiger partial charge in [-0.2, -0.15) is 0 Å². The van der Waals surface area contributed by atoms with Crippen LogP contribution in [0.5, 0.6) is 0 Å². The van der Waals surface area contributed by atoms with Crippen LogP contribution in [0.3, 0.4) is 0 Å². The number of rotatable bonds is 4. The van der Waals surface area contributed by atoms with E-state index in [0.717, 1.165) is 12.2 Å². The monoisotopic (exact) mass is 207 g/mol. The van der Waals surface area contributed by atoms with Crippen LogP contribution in [0.25, 0.3) is 0 Å². The number of hydrogen-bond acceptors (Lipinski definition) is 3. The van der Waals surface area contributed by atoms with Gasteiger partial charge in [-0.25, -0.2) is 0 Å². The molecule has 0 heterocycles. The van der Waals surface area contributed by atoms with E-state index in [2.05, 4.69) is 11.2 Å². The molecular formula is C11H17N3O. The summed E-state index contributed by atoms with van der Waals surface area (Å²) in [6, 6.07) is 8.13. The molecule has 0 saturated heterocycles. The van der Waals surface area contributed by atoms with Gasteiger partial charge in [-0.1, -0.05) is 17.3 Å². The molecular weight excluding hydrogens is 190 g/mol. The summed E-state index contributed by atoms with van der Waals surface area (Å²) in [7, 11) is 0. The van der Waals surface area contributed by atoms with E-state index in [1.165, 1.54) is 5.56 Å². The molecule has 0 fully saturated rings. The number of likely N-dealkylation sites (N-methyl/N-ethyl adjacent to an activating group) is 1. The molecule has 0 aliphatic heterocycles. The van der Waals surface area contributed by atoms with Crippen molar-refractivity contribution in [1.82, 2.24) is 0 Å². The van der Waals surface area contributed by atoms with Crippen molar-refractivity contribution in [2.24, 2.45) is 10.9 Å². The molecule has 4 nitrogen and oxygen atoms in total. The molecule has 1 aromatic rings. The van der Waals surface area contributed by atoms with Crippen molar-refractivity contribution >= 4 is 11.5 Å². The number of nitrogens with zero attached hydrogens (tertiary/aromatic N) is 2. The molecule has 0 atom stereocenters. The predicted molar refractivity (Wildman–Crippen MR) is 62.5 cm³/mol. The maximum absolute atomic E-state index is 8.52. The van der Waals surface area contributed by atoms with Crippen LogP contribution < -0.4 is 10.6 Å². The van der Waals surface area contributed by atoms with Gasteiger partial charge in [0.15, 0.2) is 5.84 Å². The van der Waals surface area contributed by atoms with Crippen LogP contribution in [0.1, 0.15) is 12.5 Å². The Morgan fingerprint density at radius 2 is 2.27 bits per heavy atom. The van der Waals surface area contributed by atoms with Crippen molar-refractivity contribution in [3.8, 4) is 0 Å². The van der Waals surface area contributed by atoms with Crippen molar-refractivity contribution in [2.45, 2.75) is 13.8 Å². The first-order valence-electron chi connectivity index (χ1n) is 4.95. The van der Waals surface area contributed by atoms with Gasteiger partial charge >= 0.3 is 0 Å². The fourth-order valence-corrected chi connectivity index (χ4v) is 1.44. The van der Waals surface area contributed by atoms with Crippen molar-refractivity contribution in [1.29, 1.82) is 0 Å². The van der Waals surface area contributed by atoms with E-state index in [1.807, 2.05) is 36.9 Å². The number of amidine groups is 1. The van der Waals surface area contributed by atoms with Gasteiger partial charge in [0.25, 0.3) is 0 Å². The Kier molecular flexibility index (Phi) is 3.97. The number of benzene rings is 1. The average Bonchev–Trinajstić information content (AvgIpc) is 2.25. The van der Waals surface area contributed by atoms with Gasteiger partial charge in [-0.05, 0) is 31.5 Å². The van der Waals surface area contributed by atoms with Crippen LogP contribution in [-0.2, 0) is 0 Å². The number of nitrogens with two attached hydrogens (primary N) is 1. The zero-order valence-electron chi connectivity index (χ0n) is 9.14. The normalized spacial score (nSPS) is 11.5. The molecule has 82 valence electrons. The number of hydrogen-bond donors (Lipinski definition) is 2. The lowest BCUT2D eigenvalue weighted by Gasteiger charge is -2.22. The van der Waals surface area contributed by atoms with Crippen LogP contribution >= 0.6 is 0 Å². The van der Waals surface area contributed by atoms with Crippen LogP contribution in [-0.4, -0.2) is 24.1 Å². The molecule has 15 heavy (non-hydrogen) atoms. The SMILES string of the molecule is CCN(C/C(N)=N/O)c1cccc(C)c1. The third kappa shape index (κ3) is 3.16. The maximum atomic E-state index is 8.52. The molecule has 0 aromatic heterocycles. The zero-order chi connectivity index (χ0) is 11.3.